The summed E-state index contributed by atoms with van der Waals surface area (Å²) in [5.74, 6) is -0.394. The van der Waals surface area contributed by atoms with E-state index in [0.29, 0.717) is 18.7 Å². The van der Waals surface area contributed by atoms with E-state index in [1.54, 1.807) is 6.08 Å². The largest absolute Gasteiger partial charge is 0.366 e. The summed E-state index contributed by atoms with van der Waals surface area (Å²) in [6.07, 6.45) is 7.25. The number of ether oxygens (including phenoxy) is 1. The van der Waals surface area contributed by atoms with Crippen LogP contribution in [0.3, 0.4) is 0 Å². The van der Waals surface area contributed by atoms with Gasteiger partial charge >= 0.3 is 8.60 Å². The molecule has 1 amide bonds. The second-order valence-corrected chi connectivity index (χ2v) is 7.81. The lowest BCUT2D eigenvalue weighted by molar-refractivity contribution is -0.115. The molecular weight excluding hydrogens is 343 g/mol. The fourth-order valence-corrected chi connectivity index (χ4v) is 3.70. The molecule has 0 aromatic carbocycles. The average molecular weight is 372 g/mol. The highest BCUT2D eigenvalue weighted by molar-refractivity contribution is 7.41. The van der Waals surface area contributed by atoms with Crippen molar-refractivity contribution in [3.63, 3.8) is 0 Å². The quantitative estimate of drug-likeness (QED) is 0.627. The lowest BCUT2D eigenvalue weighted by Crippen LogP contribution is -2.36. The molecule has 2 N–H and O–H groups in total. The number of rotatable bonds is 9. The molecule has 7 nitrogen and oxygen atoms in total. The summed E-state index contributed by atoms with van der Waals surface area (Å²) >= 11 is 0. The summed E-state index contributed by atoms with van der Waals surface area (Å²) < 4.78 is 23.3. The van der Waals surface area contributed by atoms with Crippen LogP contribution in [0.15, 0.2) is 23.9 Å². The normalized spacial score (nSPS) is 23.8. The van der Waals surface area contributed by atoms with Crippen LogP contribution in [0, 0.1) is 0 Å². The standard InChI is InChI=1S/C17H29N2O5P/c1-12(2)23-25(24-13(3)4)21-11-15-7-8-16(22-15)19-9-5-6-14(10-19)17(18)20/h5-6,9,12-13,15-16H,7-8,10-11H2,1-4H3,(H2,18,20). The van der Waals surface area contributed by atoms with Crippen LogP contribution in [0.4, 0.5) is 0 Å². The Labute approximate surface area is 151 Å². The van der Waals surface area contributed by atoms with Gasteiger partial charge < -0.3 is 28.9 Å². The second kappa shape index (κ2) is 9.64. The van der Waals surface area contributed by atoms with Crippen LogP contribution in [0.25, 0.3) is 0 Å². The number of nitrogens with zero attached hydrogens (tertiary/aromatic N) is 1. The highest BCUT2D eigenvalue weighted by atomic mass is 31.2. The van der Waals surface area contributed by atoms with Crippen molar-refractivity contribution in [3.8, 4) is 0 Å². The lowest BCUT2D eigenvalue weighted by Gasteiger charge is -2.29. The molecule has 2 aliphatic heterocycles. The molecule has 0 saturated carbocycles. The zero-order valence-electron chi connectivity index (χ0n) is 15.4. The van der Waals surface area contributed by atoms with Crippen molar-refractivity contribution >= 4 is 14.5 Å². The van der Waals surface area contributed by atoms with Gasteiger partial charge in [0.1, 0.15) is 6.23 Å². The van der Waals surface area contributed by atoms with Crippen molar-refractivity contribution in [2.24, 2.45) is 5.73 Å². The van der Waals surface area contributed by atoms with Crippen LogP contribution in [-0.2, 0) is 23.1 Å². The van der Waals surface area contributed by atoms with Crippen molar-refractivity contribution in [1.82, 2.24) is 4.90 Å². The van der Waals surface area contributed by atoms with E-state index in [-0.39, 0.29) is 24.5 Å². The minimum absolute atomic E-state index is 0.0159. The van der Waals surface area contributed by atoms with Gasteiger partial charge in [-0.15, -0.1) is 0 Å². The van der Waals surface area contributed by atoms with Crippen LogP contribution in [0.2, 0.25) is 0 Å². The first-order chi connectivity index (χ1) is 11.8. The van der Waals surface area contributed by atoms with E-state index in [1.165, 1.54) is 0 Å². The van der Waals surface area contributed by atoms with E-state index in [2.05, 4.69) is 0 Å². The molecule has 1 saturated heterocycles. The van der Waals surface area contributed by atoms with E-state index in [1.807, 2.05) is 44.9 Å². The summed E-state index contributed by atoms with van der Waals surface area (Å²) in [5, 5.41) is 0. The number of hydrogen-bond donors (Lipinski definition) is 1. The molecule has 0 bridgehead atoms. The molecule has 142 valence electrons. The van der Waals surface area contributed by atoms with Crippen molar-refractivity contribution in [2.45, 2.75) is 65.1 Å². The zero-order valence-corrected chi connectivity index (χ0v) is 16.3. The number of nitrogens with two attached hydrogens (primary N) is 1. The third-order valence-corrected chi connectivity index (χ3v) is 5.21. The molecule has 2 rings (SSSR count). The summed E-state index contributed by atoms with van der Waals surface area (Å²) in [5.41, 5.74) is 5.95. The average Bonchev–Trinajstić information content (AvgIpc) is 3.00. The zero-order chi connectivity index (χ0) is 18.4. The van der Waals surface area contributed by atoms with Crippen LogP contribution in [0.5, 0.6) is 0 Å². The molecule has 0 aromatic rings. The second-order valence-electron chi connectivity index (χ2n) is 6.69. The smallest absolute Gasteiger partial charge is 0.333 e. The molecule has 25 heavy (non-hydrogen) atoms. The summed E-state index contributed by atoms with van der Waals surface area (Å²) in [4.78, 5) is 13.3. The third kappa shape index (κ3) is 6.68. The highest BCUT2D eigenvalue weighted by Crippen LogP contribution is 2.43. The molecule has 1 fully saturated rings. The maximum atomic E-state index is 11.3. The Morgan fingerprint density at radius 2 is 2.00 bits per heavy atom. The first-order valence-electron chi connectivity index (χ1n) is 8.70. The van der Waals surface area contributed by atoms with E-state index < -0.39 is 14.5 Å². The first-order valence-corrected chi connectivity index (χ1v) is 9.79. The predicted octanol–water partition coefficient (Wildman–Crippen LogP) is 2.83. The van der Waals surface area contributed by atoms with Gasteiger partial charge in [0, 0.05) is 11.8 Å². The number of hydrogen-bond acceptors (Lipinski definition) is 6. The predicted molar refractivity (Wildman–Crippen MR) is 96.3 cm³/mol. The minimum Gasteiger partial charge on any atom is -0.366 e. The van der Waals surface area contributed by atoms with Crippen LogP contribution < -0.4 is 5.73 Å². The molecule has 8 heteroatoms. The molecule has 0 aromatic heterocycles. The van der Waals surface area contributed by atoms with Crippen LogP contribution in [-0.4, -0.2) is 48.5 Å². The Kier molecular flexibility index (Phi) is 7.84. The summed E-state index contributed by atoms with van der Waals surface area (Å²) in [7, 11) is -1.38. The monoisotopic (exact) mass is 372 g/mol. The molecular formula is C17H29N2O5P. The van der Waals surface area contributed by atoms with Crippen molar-refractivity contribution < 1.29 is 23.1 Å². The van der Waals surface area contributed by atoms with Gasteiger partial charge in [-0.25, -0.2) is 0 Å². The van der Waals surface area contributed by atoms with Gasteiger partial charge in [-0.3, -0.25) is 4.79 Å². The van der Waals surface area contributed by atoms with Crippen molar-refractivity contribution in [3.05, 3.63) is 23.9 Å². The van der Waals surface area contributed by atoms with E-state index in [0.717, 1.165) is 12.8 Å². The Hall–Kier alpha value is -0.980. The third-order valence-electron chi connectivity index (χ3n) is 3.66. The van der Waals surface area contributed by atoms with Gasteiger partial charge in [0.2, 0.25) is 5.91 Å². The van der Waals surface area contributed by atoms with Crippen molar-refractivity contribution in [2.75, 3.05) is 13.2 Å². The first kappa shape index (κ1) is 20.3. The molecule has 2 unspecified atom stereocenters. The van der Waals surface area contributed by atoms with Gasteiger partial charge in [0.25, 0.3) is 0 Å². The van der Waals surface area contributed by atoms with Gasteiger partial charge in [-0.05, 0) is 46.6 Å². The Morgan fingerprint density at radius 1 is 1.32 bits per heavy atom. The van der Waals surface area contributed by atoms with Crippen molar-refractivity contribution in [1.29, 1.82) is 0 Å². The van der Waals surface area contributed by atoms with E-state index >= 15 is 0 Å². The molecule has 0 radical (unpaired) electrons. The van der Waals surface area contributed by atoms with Crippen LogP contribution in [0.1, 0.15) is 40.5 Å². The topological polar surface area (TPSA) is 83.2 Å². The molecule has 0 aliphatic carbocycles. The molecule has 0 spiro atoms. The lowest BCUT2D eigenvalue weighted by atomic mass is 10.1. The fraction of sp³-hybridized carbons (Fsp3) is 0.706. The highest BCUT2D eigenvalue weighted by Gasteiger charge is 2.31. The number of primary amides is 1. The number of carbonyl (C=O) groups is 1. The summed E-state index contributed by atoms with van der Waals surface area (Å²) in [6, 6.07) is 0. The van der Waals surface area contributed by atoms with Gasteiger partial charge in [0.05, 0.1) is 31.5 Å². The molecule has 2 atom stereocenters. The summed E-state index contributed by atoms with van der Waals surface area (Å²) in [6.45, 7) is 8.73. The molecule has 2 heterocycles. The SMILES string of the molecule is CC(C)OP(OCC1CCC(N2C=CC=C(C(N)=O)C2)O1)OC(C)C. The minimum atomic E-state index is -1.38. The Morgan fingerprint density at radius 3 is 2.60 bits per heavy atom. The maximum absolute atomic E-state index is 11.3. The fourth-order valence-electron chi connectivity index (χ4n) is 2.56. The van der Waals surface area contributed by atoms with E-state index in [4.69, 9.17) is 24.0 Å². The van der Waals surface area contributed by atoms with E-state index in [9.17, 15) is 4.79 Å². The number of amides is 1. The Balaban J connectivity index is 1.79. The maximum Gasteiger partial charge on any atom is 0.333 e. The number of carbonyl (C=O) groups excluding carboxylic acids is 1. The van der Waals surface area contributed by atoms with Gasteiger partial charge in [-0.2, -0.15) is 0 Å². The van der Waals surface area contributed by atoms with Gasteiger partial charge in [-0.1, -0.05) is 6.08 Å². The van der Waals surface area contributed by atoms with Crippen LogP contribution >= 0.6 is 8.60 Å². The Bertz CT molecular complexity index is 499. The van der Waals surface area contributed by atoms with Gasteiger partial charge in [0.15, 0.2) is 0 Å². The molecule has 2 aliphatic rings. The number of allylic oxidation sites excluding steroid dienone is 2.